The molecule has 11 heavy (non-hydrogen) atoms. The highest BCUT2D eigenvalue weighted by Crippen LogP contribution is 2.12. The van der Waals surface area contributed by atoms with Gasteiger partial charge in [-0.1, -0.05) is 30.7 Å². The van der Waals surface area contributed by atoms with Crippen LogP contribution in [0, 0.1) is 18.4 Å². The fourth-order valence-electron chi connectivity index (χ4n) is 0.960. The second kappa shape index (κ2) is 3.62. The van der Waals surface area contributed by atoms with Crippen molar-refractivity contribution in [2.45, 2.75) is 6.42 Å². The normalized spacial score (nSPS) is 14.8. The minimum Gasteiger partial charge on any atom is -0.285 e. The van der Waals surface area contributed by atoms with Crippen molar-refractivity contribution >= 4 is 5.91 Å². The Kier molecular flexibility index (Phi) is 2.51. The number of rotatable bonds is 2. The van der Waals surface area contributed by atoms with Crippen molar-refractivity contribution in [1.82, 2.24) is 5.32 Å². The van der Waals surface area contributed by atoms with Crippen LogP contribution in [0.15, 0.2) is 24.3 Å². The third kappa shape index (κ3) is 2.30. The van der Waals surface area contributed by atoms with Crippen molar-refractivity contribution in [2.24, 2.45) is 5.92 Å². The van der Waals surface area contributed by atoms with Gasteiger partial charge in [0.05, 0.1) is 0 Å². The summed E-state index contributed by atoms with van der Waals surface area (Å²) in [5.41, 5.74) is 0. The quantitative estimate of drug-likeness (QED) is 0.455. The van der Waals surface area contributed by atoms with Crippen molar-refractivity contribution < 1.29 is 4.79 Å². The first-order valence-electron chi connectivity index (χ1n) is 3.42. The van der Waals surface area contributed by atoms with Crippen LogP contribution in [0.1, 0.15) is 6.42 Å². The van der Waals surface area contributed by atoms with E-state index in [-0.39, 0.29) is 11.8 Å². The van der Waals surface area contributed by atoms with Gasteiger partial charge in [-0.2, -0.15) is 0 Å². The number of amides is 1. The number of terminal acetylenes is 1. The first kappa shape index (κ1) is 7.62. The zero-order valence-electron chi connectivity index (χ0n) is 6.08. The monoisotopic (exact) mass is 147 g/mol. The molecule has 0 spiro atoms. The van der Waals surface area contributed by atoms with Gasteiger partial charge in [0.1, 0.15) is 0 Å². The molecule has 0 aromatic rings. The average molecular weight is 147 g/mol. The van der Waals surface area contributed by atoms with Crippen LogP contribution < -0.4 is 5.32 Å². The summed E-state index contributed by atoms with van der Waals surface area (Å²) in [5.74, 6) is 0.122. The summed E-state index contributed by atoms with van der Waals surface area (Å²) in [6, 6.07) is 2.09. The van der Waals surface area contributed by atoms with E-state index in [1.165, 1.54) is 0 Å². The van der Waals surface area contributed by atoms with Gasteiger partial charge in [0, 0.05) is 18.4 Å². The Morgan fingerprint density at radius 3 is 2.73 bits per heavy atom. The van der Waals surface area contributed by atoms with Crippen LogP contribution in [0.2, 0.25) is 0 Å². The SMILES string of the molecule is C#CNC(=O)CC1C=CC=C1. The van der Waals surface area contributed by atoms with Crippen LogP contribution in [0.25, 0.3) is 0 Å². The summed E-state index contributed by atoms with van der Waals surface area (Å²) in [6.45, 7) is 0. The van der Waals surface area contributed by atoms with Gasteiger partial charge in [-0.3, -0.25) is 10.1 Å². The minimum absolute atomic E-state index is 0.103. The van der Waals surface area contributed by atoms with Crippen molar-refractivity contribution in [3.8, 4) is 12.5 Å². The highest BCUT2D eigenvalue weighted by Gasteiger charge is 2.08. The number of carbonyl (C=O) groups is 1. The second-order valence-electron chi connectivity index (χ2n) is 2.33. The lowest BCUT2D eigenvalue weighted by Gasteiger charge is -2.01. The van der Waals surface area contributed by atoms with E-state index in [0.717, 1.165) is 0 Å². The fourth-order valence-corrected chi connectivity index (χ4v) is 0.960. The van der Waals surface area contributed by atoms with E-state index in [2.05, 4.69) is 11.4 Å². The molecule has 2 heteroatoms. The maximum absolute atomic E-state index is 10.9. The van der Waals surface area contributed by atoms with Gasteiger partial charge < -0.3 is 0 Å². The number of carbonyl (C=O) groups excluding carboxylic acids is 1. The molecule has 0 fully saturated rings. The van der Waals surface area contributed by atoms with E-state index in [0.29, 0.717) is 6.42 Å². The van der Waals surface area contributed by atoms with E-state index in [1.807, 2.05) is 24.3 Å². The van der Waals surface area contributed by atoms with Crippen molar-refractivity contribution in [3.05, 3.63) is 24.3 Å². The molecule has 56 valence electrons. The highest BCUT2D eigenvalue weighted by molar-refractivity contribution is 5.78. The van der Waals surface area contributed by atoms with Crippen molar-refractivity contribution in [3.63, 3.8) is 0 Å². The smallest absolute Gasteiger partial charge is 0.232 e. The zero-order chi connectivity index (χ0) is 8.10. The molecule has 2 nitrogen and oxygen atoms in total. The number of allylic oxidation sites excluding steroid dienone is 4. The minimum atomic E-state index is -0.103. The van der Waals surface area contributed by atoms with Crippen LogP contribution in [-0.4, -0.2) is 5.91 Å². The van der Waals surface area contributed by atoms with Gasteiger partial charge in [-0.05, 0) is 0 Å². The van der Waals surface area contributed by atoms with Gasteiger partial charge in [-0.25, -0.2) is 0 Å². The number of hydrogen-bond donors (Lipinski definition) is 1. The molecular weight excluding hydrogens is 138 g/mol. The molecule has 0 aromatic carbocycles. The molecule has 1 amide bonds. The van der Waals surface area contributed by atoms with Crippen LogP contribution in [0.5, 0.6) is 0 Å². The van der Waals surface area contributed by atoms with E-state index < -0.39 is 0 Å². The Morgan fingerprint density at radius 1 is 1.55 bits per heavy atom. The van der Waals surface area contributed by atoms with Gasteiger partial charge in [0.2, 0.25) is 5.91 Å². The van der Waals surface area contributed by atoms with Crippen LogP contribution in [0.4, 0.5) is 0 Å². The maximum Gasteiger partial charge on any atom is 0.232 e. The van der Waals surface area contributed by atoms with Crippen molar-refractivity contribution in [1.29, 1.82) is 0 Å². The van der Waals surface area contributed by atoms with Gasteiger partial charge in [0.25, 0.3) is 0 Å². The summed E-state index contributed by atoms with van der Waals surface area (Å²) >= 11 is 0. The number of nitrogens with one attached hydrogen (secondary N) is 1. The molecule has 1 aliphatic rings. The zero-order valence-corrected chi connectivity index (χ0v) is 6.08. The summed E-state index contributed by atoms with van der Waals surface area (Å²) < 4.78 is 0. The molecule has 1 rings (SSSR count). The first-order chi connectivity index (χ1) is 5.33. The Labute approximate surface area is 66.0 Å². The van der Waals surface area contributed by atoms with E-state index in [1.54, 1.807) is 0 Å². The molecule has 1 aliphatic carbocycles. The van der Waals surface area contributed by atoms with E-state index in [4.69, 9.17) is 6.42 Å². The lowest BCUT2D eigenvalue weighted by Crippen LogP contribution is -2.19. The molecule has 0 radical (unpaired) electrons. The highest BCUT2D eigenvalue weighted by atomic mass is 16.1. The van der Waals surface area contributed by atoms with Crippen LogP contribution in [0.3, 0.4) is 0 Å². The van der Waals surface area contributed by atoms with Gasteiger partial charge in [-0.15, -0.1) is 0 Å². The molecule has 0 saturated carbocycles. The predicted octanol–water partition coefficient (Wildman–Crippen LogP) is 0.826. The van der Waals surface area contributed by atoms with Crippen LogP contribution >= 0.6 is 0 Å². The topological polar surface area (TPSA) is 29.1 Å². The molecule has 0 aliphatic heterocycles. The second-order valence-corrected chi connectivity index (χ2v) is 2.33. The summed E-state index contributed by atoms with van der Waals surface area (Å²) in [4.78, 5) is 10.9. The van der Waals surface area contributed by atoms with Gasteiger partial charge in [0.15, 0.2) is 0 Å². The standard InChI is InChI=1S/C9H9NO/c1-2-10-9(11)7-8-5-3-4-6-8/h1,3-6,8H,7H2,(H,10,11). The molecule has 0 atom stereocenters. The molecule has 0 aromatic heterocycles. The Hall–Kier alpha value is -1.49. The lowest BCUT2D eigenvalue weighted by atomic mass is 10.1. The molecule has 0 unspecified atom stereocenters. The Morgan fingerprint density at radius 2 is 2.18 bits per heavy atom. The van der Waals surface area contributed by atoms with Crippen LogP contribution in [-0.2, 0) is 4.79 Å². The third-order valence-electron chi connectivity index (χ3n) is 1.46. The molecular formula is C9H9NO. The van der Waals surface area contributed by atoms with Crippen molar-refractivity contribution in [2.75, 3.05) is 0 Å². The lowest BCUT2D eigenvalue weighted by molar-refractivity contribution is -0.120. The van der Waals surface area contributed by atoms with E-state index in [9.17, 15) is 4.79 Å². The van der Waals surface area contributed by atoms with Gasteiger partial charge >= 0.3 is 0 Å². The largest absolute Gasteiger partial charge is 0.285 e. The Bertz CT molecular complexity index is 233. The maximum atomic E-state index is 10.9. The first-order valence-corrected chi connectivity index (χ1v) is 3.42. The third-order valence-corrected chi connectivity index (χ3v) is 1.46. The van der Waals surface area contributed by atoms with E-state index >= 15 is 0 Å². The molecule has 0 bridgehead atoms. The molecule has 0 saturated heterocycles. The number of hydrogen-bond acceptors (Lipinski definition) is 1. The Balaban J connectivity index is 2.32. The summed E-state index contributed by atoms with van der Waals surface area (Å²) in [7, 11) is 0. The molecule has 0 heterocycles. The summed E-state index contributed by atoms with van der Waals surface area (Å²) in [5, 5.41) is 2.29. The molecule has 1 N–H and O–H groups in total. The predicted molar refractivity (Wildman–Crippen MR) is 43.4 cm³/mol. The fraction of sp³-hybridized carbons (Fsp3) is 0.222. The average Bonchev–Trinajstić information content (AvgIpc) is 2.40. The summed E-state index contributed by atoms with van der Waals surface area (Å²) in [6.07, 6.45) is 13.1.